The lowest BCUT2D eigenvalue weighted by Crippen LogP contribution is -2.18. The second-order valence-corrected chi connectivity index (χ2v) is 5.72. The van der Waals surface area contributed by atoms with Gasteiger partial charge >= 0.3 is 6.18 Å². The van der Waals surface area contributed by atoms with Gasteiger partial charge in [-0.2, -0.15) is 18.4 Å². The van der Waals surface area contributed by atoms with Crippen molar-refractivity contribution in [3.63, 3.8) is 0 Å². The summed E-state index contributed by atoms with van der Waals surface area (Å²) in [4.78, 5) is 12.1. The maximum absolute atomic E-state index is 13.0. The van der Waals surface area contributed by atoms with Gasteiger partial charge in [-0.3, -0.25) is 4.79 Å². The maximum atomic E-state index is 13.0. The molecule has 26 heavy (non-hydrogen) atoms. The first kappa shape index (κ1) is 19.6. The smallest absolute Gasteiger partial charge is 0.358 e. The first-order chi connectivity index (χ1) is 12.2. The topological polar surface area (TPSA) is 64.9 Å². The zero-order valence-corrected chi connectivity index (χ0v) is 14.4. The Morgan fingerprint density at radius 3 is 2.27 bits per heavy atom. The Morgan fingerprint density at radius 2 is 1.69 bits per heavy atom. The van der Waals surface area contributed by atoms with E-state index in [4.69, 9.17) is 28.5 Å². The molecule has 0 saturated carbocycles. The van der Waals surface area contributed by atoms with Crippen molar-refractivity contribution in [2.45, 2.75) is 6.18 Å². The van der Waals surface area contributed by atoms with E-state index in [1.807, 2.05) is 0 Å². The molecule has 4 nitrogen and oxygen atoms in total. The number of nitrogens with one attached hydrogen (secondary N) is 2. The molecule has 2 rings (SSSR count). The molecule has 2 aromatic rings. The third-order valence-corrected chi connectivity index (χ3v) is 3.80. The SMILES string of the molecule is N#C/C(=C/Nc1c(Cl)cccc1Cl)C(=O)Nc1ccccc1C(F)(F)F. The highest BCUT2D eigenvalue weighted by atomic mass is 35.5. The van der Waals surface area contributed by atoms with Crippen molar-refractivity contribution in [3.05, 3.63) is 69.8 Å². The summed E-state index contributed by atoms with van der Waals surface area (Å²) in [6.45, 7) is 0. The fraction of sp³-hybridized carbons (Fsp3) is 0.0588. The van der Waals surface area contributed by atoms with Gasteiger partial charge in [0.05, 0.1) is 27.0 Å². The molecule has 0 bridgehead atoms. The normalized spacial score (nSPS) is 11.6. The molecule has 0 aromatic heterocycles. The van der Waals surface area contributed by atoms with Gasteiger partial charge in [-0.05, 0) is 24.3 Å². The van der Waals surface area contributed by atoms with E-state index in [0.29, 0.717) is 0 Å². The van der Waals surface area contributed by atoms with Crippen LogP contribution in [0.15, 0.2) is 54.2 Å². The molecule has 0 unspecified atom stereocenters. The van der Waals surface area contributed by atoms with E-state index in [0.717, 1.165) is 18.3 Å². The molecular weight excluding hydrogens is 390 g/mol. The monoisotopic (exact) mass is 399 g/mol. The molecule has 0 aliphatic heterocycles. The van der Waals surface area contributed by atoms with Crippen LogP contribution in [0.2, 0.25) is 10.0 Å². The van der Waals surface area contributed by atoms with E-state index in [9.17, 15) is 18.0 Å². The predicted octanol–water partition coefficient (Wildman–Crippen LogP) is 5.47. The zero-order valence-electron chi connectivity index (χ0n) is 12.9. The number of nitrogens with zero attached hydrogens (tertiary/aromatic N) is 1. The number of halogens is 5. The molecule has 0 atom stereocenters. The van der Waals surface area contributed by atoms with Gasteiger partial charge in [0, 0.05) is 6.20 Å². The second-order valence-electron chi connectivity index (χ2n) is 4.91. The summed E-state index contributed by atoms with van der Waals surface area (Å²) in [5.74, 6) is -1.01. The number of hydrogen-bond donors (Lipinski definition) is 2. The van der Waals surface area contributed by atoms with Gasteiger partial charge in [0.1, 0.15) is 11.6 Å². The number of benzene rings is 2. The standard InChI is InChI=1S/C17H10Cl2F3N3O/c18-12-5-3-6-13(19)15(12)24-9-10(8-23)16(26)25-14-7-2-1-4-11(14)17(20,21)22/h1-7,9,24H,(H,25,26)/b10-9-. The Morgan fingerprint density at radius 1 is 1.08 bits per heavy atom. The minimum Gasteiger partial charge on any atom is -0.358 e. The van der Waals surface area contributed by atoms with Gasteiger partial charge in [-0.25, -0.2) is 0 Å². The number of amides is 1. The number of hydrogen-bond acceptors (Lipinski definition) is 3. The van der Waals surface area contributed by atoms with E-state index >= 15 is 0 Å². The van der Waals surface area contributed by atoms with Crippen LogP contribution in [0, 0.1) is 11.3 Å². The molecule has 0 spiro atoms. The average Bonchev–Trinajstić information content (AvgIpc) is 2.57. The van der Waals surface area contributed by atoms with Crippen LogP contribution < -0.4 is 10.6 Å². The molecule has 0 heterocycles. The van der Waals surface area contributed by atoms with Gasteiger partial charge in [-0.1, -0.05) is 41.4 Å². The summed E-state index contributed by atoms with van der Waals surface area (Å²) >= 11 is 11.9. The van der Waals surface area contributed by atoms with Crippen molar-refractivity contribution >= 4 is 40.5 Å². The van der Waals surface area contributed by atoms with Crippen LogP contribution in [0.5, 0.6) is 0 Å². The molecular formula is C17H10Cl2F3N3O. The fourth-order valence-electron chi connectivity index (χ4n) is 1.96. The van der Waals surface area contributed by atoms with Crippen LogP contribution in [0.25, 0.3) is 0 Å². The quantitative estimate of drug-likeness (QED) is 0.529. The number of carbonyl (C=O) groups is 1. The van der Waals surface area contributed by atoms with E-state index < -0.39 is 28.9 Å². The number of carbonyl (C=O) groups excluding carboxylic acids is 1. The van der Waals surface area contributed by atoms with E-state index in [2.05, 4.69) is 10.6 Å². The fourth-order valence-corrected chi connectivity index (χ4v) is 2.46. The van der Waals surface area contributed by atoms with Crippen molar-refractivity contribution in [1.82, 2.24) is 0 Å². The molecule has 2 aromatic carbocycles. The van der Waals surface area contributed by atoms with Crippen LogP contribution in [0.1, 0.15) is 5.56 Å². The first-order valence-corrected chi connectivity index (χ1v) is 7.78. The molecule has 9 heteroatoms. The van der Waals surface area contributed by atoms with Gasteiger partial charge < -0.3 is 10.6 Å². The van der Waals surface area contributed by atoms with Gasteiger partial charge in [0.2, 0.25) is 0 Å². The van der Waals surface area contributed by atoms with Crippen LogP contribution in [0.3, 0.4) is 0 Å². The molecule has 0 radical (unpaired) electrons. The summed E-state index contributed by atoms with van der Waals surface area (Å²) in [6.07, 6.45) is -3.64. The van der Waals surface area contributed by atoms with Crippen molar-refractivity contribution in [3.8, 4) is 6.07 Å². The van der Waals surface area contributed by atoms with Crippen molar-refractivity contribution in [1.29, 1.82) is 5.26 Å². The Hall–Kier alpha value is -2.69. The third kappa shape index (κ3) is 4.69. The van der Waals surface area contributed by atoms with Crippen molar-refractivity contribution in [2.75, 3.05) is 10.6 Å². The molecule has 0 aliphatic carbocycles. The highest BCUT2D eigenvalue weighted by molar-refractivity contribution is 6.39. The Kier molecular flexibility index (Phi) is 6.14. The van der Waals surface area contributed by atoms with Crippen LogP contribution in [-0.2, 0) is 11.0 Å². The van der Waals surface area contributed by atoms with Crippen molar-refractivity contribution < 1.29 is 18.0 Å². The summed E-state index contributed by atoms with van der Waals surface area (Å²) < 4.78 is 38.9. The van der Waals surface area contributed by atoms with Crippen LogP contribution in [-0.4, -0.2) is 5.91 Å². The summed E-state index contributed by atoms with van der Waals surface area (Å²) in [5, 5.41) is 14.3. The number of para-hydroxylation sites is 2. The number of rotatable bonds is 4. The number of nitriles is 1. The third-order valence-electron chi connectivity index (χ3n) is 3.17. The first-order valence-electron chi connectivity index (χ1n) is 7.02. The Bertz CT molecular complexity index is 885. The molecule has 1 amide bonds. The number of anilines is 2. The van der Waals surface area contributed by atoms with Gasteiger partial charge in [0.15, 0.2) is 0 Å². The molecule has 0 aliphatic rings. The lowest BCUT2D eigenvalue weighted by Gasteiger charge is -2.13. The summed E-state index contributed by atoms with van der Waals surface area (Å²) in [7, 11) is 0. The summed E-state index contributed by atoms with van der Waals surface area (Å²) in [6, 6.07) is 10.7. The zero-order chi connectivity index (χ0) is 19.3. The highest BCUT2D eigenvalue weighted by Gasteiger charge is 2.33. The minimum atomic E-state index is -4.65. The van der Waals surface area contributed by atoms with E-state index in [1.54, 1.807) is 12.1 Å². The minimum absolute atomic E-state index is 0.244. The van der Waals surface area contributed by atoms with Gasteiger partial charge in [0.25, 0.3) is 5.91 Å². The largest absolute Gasteiger partial charge is 0.418 e. The molecule has 0 saturated heterocycles. The Balaban J connectivity index is 2.24. The molecule has 134 valence electrons. The lowest BCUT2D eigenvalue weighted by molar-refractivity contribution is -0.137. The van der Waals surface area contributed by atoms with E-state index in [-0.39, 0.29) is 15.7 Å². The number of alkyl halides is 3. The highest BCUT2D eigenvalue weighted by Crippen LogP contribution is 2.34. The second kappa shape index (κ2) is 8.13. The van der Waals surface area contributed by atoms with Crippen LogP contribution >= 0.6 is 23.2 Å². The van der Waals surface area contributed by atoms with Crippen molar-refractivity contribution in [2.24, 2.45) is 0 Å². The van der Waals surface area contributed by atoms with Crippen LogP contribution in [0.4, 0.5) is 24.5 Å². The average molecular weight is 400 g/mol. The van der Waals surface area contributed by atoms with E-state index in [1.165, 1.54) is 24.3 Å². The molecule has 0 fully saturated rings. The maximum Gasteiger partial charge on any atom is 0.418 e. The summed E-state index contributed by atoms with van der Waals surface area (Å²) in [5.41, 5.74) is -1.68. The lowest BCUT2D eigenvalue weighted by atomic mass is 10.1. The molecule has 2 N–H and O–H groups in total. The van der Waals surface area contributed by atoms with Gasteiger partial charge in [-0.15, -0.1) is 0 Å². The Labute approximate surface area is 156 Å². The predicted molar refractivity (Wildman–Crippen MR) is 93.9 cm³/mol.